The van der Waals surface area contributed by atoms with Crippen molar-refractivity contribution in [1.82, 2.24) is 4.90 Å². The van der Waals surface area contributed by atoms with E-state index in [4.69, 9.17) is 4.74 Å². The van der Waals surface area contributed by atoms with Crippen molar-refractivity contribution in [3.63, 3.8) is 0 Å². The molecule has 0 unspecified atom stereocenters. The highest BCUT2D eigenvalue weighted by molar-refractivity contribution is 6.04. The van der Waals surface area contributed by atoms with Gasteiger partial charge in [0.15, 0.2) is 6.04 Å². The molecular formula is C17H13NO5. The number of imide groups is 1. The monoisotopic (exact) mass is 311 g/mol. The SMILES string of the molecule is O=C1OC(=O)N(C(=O)OCc2ccccc2)[C@H]1c1ccccc1. The Morgan fingerprint density at radius 2 is 1.61 bits per heavy atom. The van der Waals surface area contributed by atoms with Crippen molar-refractivity contribution in [2.45, 2.75) is 12.6 Å². The van der Waals surface area contributed by atoms with Crippen molar-refractivity contribution in [1.29, 1.82) is 0 Å². The fourth-order valence-corrected chi connectivity index (χ4v) is 2.29. The highest BCUT2D eigenvalue weighted by Crippen LogP contribution is 2.29. The molecule has 1 saturated heterocycles. The zero-order chi connectivity index (χ0) is 16.2. The van der Waals surface area contributed by atoms with Crippen LogP contribution in [0, 0.1) is 0 Å². The minimum absolute atomic E-state index is 0.000840. The lowest BCUT2D eigenvalue weighted by Gasteiger charge is -2.18. The molecule has 2 aromatic rings. The molecule has 2 aromatic carbocycles. The number of hydrogen-bond donors (Lipinski definition) is 0. The first-order chi connectivity index (χ1) is 11.2. The normalized spacial score (nSPS) is 17.0. The van der Waals surface area contributed by atoms with Crippen LogP contribution in [0.5, 0.6) is 0 Å². The minimum atomic E-state index is -1.12. The fourth-order valence-electron chi connectivity index (χ4n) is 2.29. The van der Waals surface area contributed by atoms with E-state index >= 15 is 0 Å². The Morgan fingerprint density at radius 3 is 2.26 bits per heavy atom. The van der Waals surface area contributed by atoms with E-state index in [0.29, 0.717) is 10.5 Å². The summed E-state index contributed by atoms with van der Waals surface area (Å²) >= 11 is 0. The van der Waals surface area contributed by atoms with Gasteiger partial charge in [-0.05, 0) is 11.1 Å². The second kappa shape index (κ2) is 6.31. The Hall–Kier alpha value is -3.15. The van der Waals surface area contributed by atoms with Crippen LogP contribution in [0.2, 0.25) is 0 Å². The number of nitrogens with zero attached hydrogens (tertiary/aromatic N) is 1. The summed E-state index contributed by atoms with van der Waals surface area (Å²) in [5.74, 6) is -0.794. The van der Waals surface area contributed by atoms with E-state index in [1.165, 1.54) is 0 Å². The molecule has 6 heteroatoms. The maximum absolute atomic E-state index is 12.2. The standard InChI is InChI=1S/C17H13NO5/c19-15-14(13-9-5-2-6-10-13)18(17(21)23-15)16(20)22-11-12-7-3-1-4-8-12/h1-10,14H,11H2/t14-/m0/s1. The zero-order valence-electron chi connectivity index (χ0n) is 12.0. The van der Waals surface area contributed by atoms with Gasteiger partial charge in [-0.15, -0.1) is 0 Å². The number of rotatable bonds is 3. The zero-order valence-corrected chi connectivity index (χ0v) is 12.0. The van der Waals surface area contributed by atoms with E-state index < -0.39 is 24.2 Å². The predicted octanol–water partition coefficient (Wildman–Crippen LogP) is 3.04. The highest BCUT2D eigenvalue weighted by atomic mass is 16.6. The summed E-state index contributed by atoms with van der Waals surface area (Å²) in [7, 11) is 0. The van der Waals surface area contributed by atoms with Crippen molar-refractivity contribution >= 4 is 18.2 Å². The molecule has 0 aliphatic carbocycles. The van der Waals surface area contributed by atoms with Gasteiger partial charge in [0.05, 0.1) is 0 Å². The average molecular weight is 311 g/mol. The third-order valence-corrected chi connectivity index (χ3v) is 3.38. The molecule has 1 atom stereocenters. The highest BCUT2D eigenvalue weighted by Gasteiger charge is 2.47. The topological polar surface area (TPSA) is 72.9 Å². The smallest absolute Gasteiger partial charge is 0.428 e. The Kier molecular flexibility index (Phi) is 4.05. The van der Waals surface area contributed by atoms with Gasteiger partial charge < -0.3 is 9.47 Å². The van der Waals surface area contributed by atoms with Gasteiger partial charge in [-0.2, -0.15) is 4.90 Å². The molecule has 116 valence electrons. The van der Waals surface area contributed by atoms with Gasteiger partial charge >= 0.3 is 18.2 Å². The lowest BCUT2D eigenvalue weighted by molar-refractivity contribution is -0.136. The van der Waals surface area contributed by atoms with E-state index in [0.717, 1.165) is 5.56 Å². The molecule has 23 heavy (non-hydrogen) atoms. The number of hydrogen-bond acceptors (Lipinski definition) is 5. The number of amides is 2. The molecule has 6 nitrogen and oxygen atoms in total. The Bertz CT molecular complexity index is 729. The molecule has 0 bridgehead atoms. The quantitative estimate of drug-likeness (QED) is 0.643. The summed E-state index contributed by atoms with van der Waals surface area (Å²) in [6.45, 7) is -0.000840. The second-order valence-corrected chi connectivity index (χ2v) is 4.91. The first kappa shape index (κ1) is 14.8. The first-order valence-electron chi connectivity index (χ1n) is 6.97. The van der Waals surface area contributed by atoms with Crippen LogP contribution < -0.4 is 0 Å². The van der Waals surface area contributed by atoms with Crippen molar-refractivity contribution < 1.29 is 23.9 Å². The third kappa shape index (κ3) is 3.06. The van der Waals surface area contributed by atoms with E-state index in [1.807, 2.05) is 18.2 Å². The molecular weight excluding hydrogens is 298 g/mol. The number of carbonyl (C=O) groups excluding carboxylic acids is 3. The maximum atomic E-state index is 12.2. The number of esters is 1. The van der Waals surface area contributed by atoms with Crippen molar-refractivity contribution in [3.05, 3.63) is 71.8 Å². The maximum Gasteiger partial charge on any atom is 0.428 e. The fraction of sp³-hybridized carbons (Fsp3) is 0.118. The molecule has 0 saturated carbocycles. The molecule has 0 spiro atoms. The average Bonchev–Trinajstić information content (AvgIpc) is 2.88. The number of cyclic esters (lactones) is 2. The van der Waals surface area contributed by atoms with Gasteiger partial charge in [0, 0.05) is 0 Å². The number of carbonyl (C=O) groups is 3. The summed E-state index contributed by atoms with van der Waals surface area (Å²) in [5, 5.41) is 0. The van der Waals surface area contributed by atoms with Gasteiger partial charge in [-0.25, -0.2) is 14.4 Å². The molecule has 3 rings (SSSR count). The Balaban J connectivity index is 1.77. The Labute approximate surface area is 132 Å². The molecule has 1 aliphatic heterocycles. The summed E-state index contributed by atoms with van der Waals surface area (Å²) in [5.41, 5.74) is 1.26. The van der Waals surface area contributed by atoms with Crippen LogP contribution in [-0.2, 0) is 20.9 Å². The van der Waals surface area contributed by atoms with E-state index in [2.05, 4.69) is 4.74 Å². The van der Waals surface area contributed by atoms with E-state index in [1.54, 1.807) is 42.5 Å². The summed E-state index contributed by atoms with van der Waals surface area (Å²) in [6, 6.07) is 16.4. The van der Waals surface area contributed by atoms with Gasteiger partial charge in [-0.1, -0.05) is 60.7 Å². The van der Waals surface area contributed by atoms with Gasteiger partial charge in [0.25, 0.3) is 0 Å². The molecule has 0 N–H and O–H groups in total. The molecule has 0 aromatic heterocycles. The summed E-state index contributed by atoms with van der Waals surface area (Å²) < 4.78 is 9.68. The molecule has 0 radical (unpaired) electrons. The van der Waals surface area contributed by atoms with Crippen LogP contribution in [0.25, 0.3) is 0 Å². The Morgan fingerprint density at radius 1 is 1.00 bits per heavy atom. The van der Waals surface area contributed by atoms with Crippen molar-refractivity contribution in [2.75, 3.05) is 0 Å². The van der Waals surface area contributed by atoms with Gasteiger partial charge in [0.2, 0.25) is 0 Å². The molecule has 1 aliphatic rings. The second-order valence-electron chi connectivity index (χ2n) is 4.91. The van der Waals surface area contributed by atoms with E-state index in [-0.39, 0.29) is 6.61 Å². The number of benzene rings is 2. The predicted molar refractivity (Wildman–Crippen MR) is 79.1 cm³/mol. The lowest BCUT2D eigenvalue weighted by atomic mass is 10.1. The molecule has 2 amide bonds. The third-order valence-electron chi connectivity index (χ3n) is 3.38. The van der Waals surface area contributed by atoms with Crippen LogP contribution in [-0.4, -0.2) is 23.1 Å². The van der Waals surface area contributed by atoms with Crippen LogP contribution in [0.15, 0.2) is 60.7 Å². The minimum Gasteiger partial charge on any atom is -0.444 e. The lowest BCUT2D eigenvalue weighted by Crippen LogP contribution is -2.35. The van der Waals surface area contributed by atoms with Gasteiger partial charge in [0.1, 0.15) is 6.61 Å². The van der Waals surface area contributed by atoms with Crippen LogP contribution in [0.1, 0.15) is 17.2 Å². The number of ether oxygens (including phenoxy) is 2. The van der Waals surface area contributed by atoms with Crippen LogP contribution in [0.3, 0.4) is 0 Å². The first-order valence-corrected chi connectivity index (χ1v) is 6.97. The van der Waals surface area contributed by atoms with Crippen molar-refractivity contribution in [3.8, 4) is 0 Å². The largest absolute Gasteiger partial charge is 0.444 e. The summed E-state index contributed by atoms with van der Waals surface area (Å²) in [4.78, 5) is 36.6. The molecule has 1 heterocycles. The van der Waals surface area contributed by atoms with Crippen LogP contribution in [0.4, 0.5) is 9.59 Å². The van der Waals surface area contributed by atoms with E-state index in [9.17, 15) is 14.4 Å². The van der Waals surface area contributed by atoms with Gasteiger partial charge in [-0.3, -0.25) is 0 Å². The molecule has 1 fully saturated rings. The van der Waals surface area contributed by atoms with Crippen molar-refractivity contribution in [2.24, 2.45) is 0 Å². The summed E-state index contributed by atoms with van der Waals surface area (Å²) in [6.07, 6.45) is -1.94. The van der Waals surface area contributed by atoms with Crippen LogP contribution >= 0.6 is 0 Å².